The van der Waals surface area contributed by atoms with Crippen LogP contribution in [0, 0.1) is 11.8 Å². The summed E-state index contributed by atoms with van der Waals surface area (Å²) in [6, 6.07) is 27.6. The van der Waals surface area contributed by atoms with Crippen molar-refractivity contribution in [1.82, 2.24) is 10.6 Å². The maximum Gasteiger partial charge on any atom is 0.488 e. The van der Waals surface area contributed by atoms with E-state index in [4.69, 9.17) is 66.6 Å². The third kappa shape index (κ3) is 22.5. The van der Waals surface area contributed by atoms with Crippen molar-refractivity contribution in [2.75, 3.05) is 55.2 Å². The van der Waals surface area contributed by atoms with E-state index in [9.17, 15) is 64.5 Å². The van der Waals surface area contributed by atoms with Crippen molar-refractivity contribution >= 4 is 56.6 Å². The number of aliphatic hydroxyl groups is 6. The molecule has 0 bridgehead atoms. The number of benzene rings is 5. The molecule has 3 heterocycles. The van der Waals surface area contributed by atoms with Crippen LogP contribution in [0.4, 0.5) is 0 Å². The zero-order chi connectivity index (χ0) is 76.2. The number of hydrogen-bond donors (Lipinski definition) is 11. The number of aliphatic hydroxyl groups excluding tert-OH is 6. The zero-order valence-electron chi connectivity index (χ0n) is 60.0. The second kappa shape index (κ2) is 38.2. The Bertz CT molecular complexity index is 3570. The molecule has 0 aliphatic carbocycles. The minimum absolute atomic E-state index is 0.000669. The molecule has 0 saturated carbocycles. The highest BCUT2D eigenvalue weighted by molar-refractivity contribution is 6.74. The number of carbonyl (C=O) groups is 6. The lowest BCUT2D eigenvalue weighted by Crippen LogP contribution is -2.57. The third-order valence-electron chi connectivity index (χ3n) is 17.6. The molecular formula is C71H97BN2O27Si. The number of phenols is 1. The minimum Gasteiger partial charge on any atom is -0.541 e. The number of phenolic OH excluding ortho intramolecular Hbond substituents is 1. The number of esters is 4. The van der Waals surface area contributed by atoms with E-state index < -0.39 is 119 Å². The second-order valence-electron chi connectivity index (χ2n) is 25.8. The summed E-state index contributed by atoms with van der Waals surface area (Å²) < 4.78 is 66.7. The fourth-order valence-electron chi connectivity index (χ4n) is 10.8. The molecule has 3 fully saturated rings. The summed E-state index contributed by atoms with van der Waals surface area (Å²) in [5.41, 5.74) is 3.11. The Labute approximate surface area is 594 Å². The van der Waals surface area contributed by atoms with E-state index in [-0.39, 0.29) is 53.8 Å². The smallest absolute Gasteiger partial charge is 0.488 e. The van der Waals surface area contributed by atoms with Crippen molar-refractivity contribution in [3.63, 3.8) is 0 Å². The van der Waals surface area contributed by atoms with Gasteiger partial charge in [0.1, 0.15) is 91.9 Å². The first-order valence-electron chi connectivity index (χ1n) is 32.6. The first kappa shape index (κ1) is 84.2. The van der Waals surface area contributed by atoms with Gasteiger partial charge in [-0.2, -0.15) is 0 Å². The van der Waals surface area contributed by atoms with E-state index in [0.29, 0.717) is 62.2 Å². The largest absolute Gasteiger partial charge is 0.541 e. The van der Waals surface area contributed by atoms with Crippen LogP contribution < -0.4 is 39.5 Å². The lowest BCUT2D eigenvalue weighted by Gasteiger charge is -2.44. The van der Waals surface area contributed by atoms with Gasteiger partial charge in [-0.05, 0) is 119 Å². The van der Waals surface area contributed by atoms with Crippen molar-refractivity contribution in [3.05, 3.63) is 131 Å². The molecule has 0 radical (unpaired) electrons. The summed E-state index contributed by atoms with van der Waals surface area (Å²) >= 11 is 0. The maximum absolute atomic E-state index is 11.7. The van der Waals surface area contributed by atoms with Crippen LogP contribution in [0.2, 0.25) is 18.1 Å². The summed E-state index contributed by atoms with van der Waals surface area (Å²) in [6.07, 6.45) is -13.8. The van der Waals surface area contributed by atoms with Gasteiger partial charge in [-0.15, -0.1) is 0 Å². The van der Waals surface area contributed by atoms with E-state index >= 15 is 0 Å². The molecule has 560 valence electrons. The normalized spacial score (nSPS) is 24.5. The van der Waals surface area contributed by atoms with Crippen LogP contribution in [0.1, 0.15) is 118 Å². The zero-order valence-corrected chi connectivity index (χ0v) is 61.0. The van der Waals surface area contributed by atoms with Gasteiger partial charge >= 0.3 is 31.0 Å². The third-order valence-corrected chi connectivity index (χ3v) is 21.9. The Kier molecular flexibility index (Phi) is 31.5. The van der Waals surface area contributed by atoms with Gasteiger partial charge in [0, 0.05) is 58.8 Å². The number of methoxy groups -OCH3 is 3. The summed E-state index contributed by atoms with van der Waals surface area (Å²) in [4.78, 5) is 68.2. The van der Waals surface area contributed by atoms with Gasteiger partial charge in [0.05, 0.1) is 34.0 Å². The highest BCUT2D eigenvalue weighted by atomic mass is 28.4. The fourth-order valence-corrected chi connectivity index (χ4v) is 11.8. The molecule has 3 aliphatic rings. The van der Waals surface area contributed by atoms with Crippen LogP contribution in [0.3, 0.4) is 0 Å². The molecule has 3 unspecified atom stereocenters. The Balaban J connectivity index is 0.000000254. The van der Waals surface area contributed by atoms with Crippen molar-refractivity contribution in [2.24, 2.45) is 11.8 Å². The number of aromatic hydroxyl groups is 1. The van der Waals surface area contributed by atoms with Crippen molar-refractivity contribution in [2.45, 2.75) is 160 Å². The molecule has 11 N–H and O–H groups in total. The Hall–Kier alpha value is -8.44. The monoisotopic (exact) mass is 1450 g/mol. The SMILES string of the molecule is CNC(=O)c1ccc(B(O)O)cc1.CNC(=O)c1ccc(Oc2cc(C3O[C@H](CO)[C@@H](O)[C@H](O)[C@@H]3O)ccc2OC)cc1.COc1ccc(C2O[C@H](COC(C)=O)[C@@H](OC(C)=O)[C@H](C)[C@@H]2C)cc1O.COc1ccc(C2O[C@H](COC(C)=O)[C@@H](OC(C)=O)[C@H](O)[C@@H]2O)cc1O[Si](C)(C)C(C)(C)C. The first-order valence-corrected chi connectivity index (χ1v) is 35.6. The second-order valence-corrected chi connectivity index (χ2v) is 30.5. The fraction of sp³-hybridized carbons (Fsp3) is 0.493. The number of nitrogens with one attached hydrogen (secondary N) is 2. The molecule has 29 nitrogen and oxygen atoms in total. The van der Waals surface area contributed by atoms with E-state index in [1.165, 1.54) is 73.2 Å². The van der Waals surface area contributed by atoms with Gasteiger partial charge < -0.3 is 113 Å². The van der Waals surface area contributed by atoms with Gasteiger partial charge in [0.25, 0.3) is 20.1 Å². The van der Waals surface area contributed by atoms with E-state index in [2.05, 4.69) is 44.5 Å². The Morgan fingerprint density at radius 3 is 1.37 bits per heavy atom. The average Bonchev–Trinajstić information content (AvgIpc) is 0.791. The highest BCUT2D eigenvalue weighted by Crippen LogP contribution is 2.46. The summed E-state index contributed by atoms with van der Waals surface area (Å²) in [5.74, 6) is 0.116. The molecular weight excluding hydrogens is 1350 g/mol. The molecule has 0 spiro atoms. The van der Waals surface area contributed by atoms with E-state index in [0.717, 1.165) is 5.56 Å². The van der Waals surface area contributed by atoms with Gasteiger partial charge in [0.15, 0.2) is 34.9 Å². The molecule has 8 rings (SSSR count). The highest BCUT2D eigenvalue weighted by Gasteiger charge is 2.49. The molecule has 31 heteroatoms. The van der Waals surface area contributed by atoms with Crippen LogP contribution in [0.15, 0.2) is 103 Å². The van der Waals surface area contributed by atoms with E-state index in [1.54, 1.807) is 87.0 Å². The molecule has 3 aliphatic heterocycles. The number of ether oxygens (including phenoxy) is 11. The first-order chi connectivity index (χ1) is 47.9. The molecule has 3 saturated heterocycles. The number of hydrogen-bond acceptors (Lipinski definition) is 27. The van der Waals surface area contributed by atoms with Gasteiger partial charge in [-0.25, -0.2) is 0 Å². The topological polar surface area (TPSA) is 419 Å². The van der Waals surface area contributed by atoms with Crippen molar-refractivity contribution in [3.8, 4) is 40.2 Å². The Morgan fingerprint density at radius 2 is 0.931 bits per heavy atom. The predicted octanol–water partition coefficient (Wildman–Crippen LogP) is 4.43. The number of amides is 2. The van der Waals surface area contributed by atoms with Gasteiger partial charge in [0.2, 0.25) is 0 Å². The van der Waals surface area contributed by atoms with Crippen LogP contribution in [0.25, 0.3) is 0 Å². The lowest BCUT2D eigenvalue weighted by molar-refractivity contribution is -0.242. The maximum atomic E-state index is 11.7. The summed E-state index contributed by atoms with van der Waals surface area (Å²) in [5, 5.41) is 93.8. The molecule has 15 atom stereocenters. The van der Waals surface area contributed by atoms with Crippen molar-refractivity contribution in [1.29, 1.82) is 0 Å². The molecule has 102 heavy (non-hydrogen) atoms. The minimum atomic E-state index is -2.21. The Morgan fingerprint density at radius 1 is 0.510 bits per heavy atom. The van der Waals surface area contributed by atoms with Crippen molar-refractivity contribution < 1.29 is 131 Å². The number of rotatable bonds is 20. The van der Waals surface area contributed by atoms with E-state index in [1.807, 2.05) is 19.9 Å². The predicted molar refractivity (Wildman–Crippen MR) is 371 cm³/mol. The van der Waals surface area contributed by atoms with Crippen LogP contribution in [-0.2, 0) is 52.3 Å². The quantitative estimate of drug-likeness (QED) is 0.0291. The van der Waals surface area contributed by atoms with Gasteiger partial charge in [-0.3, -0.25) is 28.8 Å². The average molecular weight is 1450 g/mol. The molecule has 0 aromatic heterocycles. The number of carbonyl (C=O) groups excluding carboxylic acids is 6. The molecule has 5 aromatic rings. The summed E-state index contributed by atoms with van der Waals surface area (Å²) in [7, 11) is 3.88. The molecule has 2 amide bonds. The van der Waals surface area contributed by atoms with Crippen LogP contribution >= 0.6 is 0 Å². The lowest BCUT2D eigenvalue weighted by atomic mass is 9.79. The van der Waals surface area contributed by atoms with Crippen LogP contribution in [0.5, 0.6) is 40.2 Å². The summed E-state index contributed by atoms with van der Waals surface area (Å²) in [6.45, 7) is 18.8. The van der Waals surface area contributed by atoms with Gasteiger partial charge in [-0.1, -0.05) is 65.0 Å². The van der Waals surface area contributed by atoms with Crippen LogP contribution in [-0.4, -0.2) is 213 Å². The molecule has 5 aromatic carbocycles. The standard InChI is InChI=1S/C23H36O9Si.C21H25NO8.C19H26O7.C8H10BNO3/c1-13(24)29-12-18-22(30-14(2)25)20(27)19(26)21(31-18)15-9-10-16(28-6)17(11-15)32-33(7,8)23(3,4)5;1-22-21(27)11-3-6-13(7-4-11)29-15-9-12(5-8-14(15)28-2)20-19(26)18(25)17(24)16(10-23)30-20;1-10-11(2)19(25-13(4)21)17(9-24-12(3)20)26-18(10)14-6-7-16(23-5)15(22)8-14;1-10-8(11)6-2-4-7(5-3-6)9(12)13/h9-11,18-22,26-27H,12H2,1-8H3;3-9,16-20,23-26H,10H2,1-2H3,(H,22,27);6-8,10-11,17-19,22H,9H2,1-5H3;2-5,12-13H,1H3,(H,10,11)/t18-,19+,20-,21?,22-;16-,17-,18+,19+,20?;10-,11+,17+,18?,19-;/m110./s1.